The number of carbonyl (C=O) groups is 1. The molecule has 2 fully saturated rings. The van der Waals surface area contributed by atoms with Crippen LogP contribution in [0.5, 0.6) is 11.5 Å². The number of carboxylic acid groups (broad SMARTS) is 1. The van der Waals surface area contributed by atoms with E-state index in [2.05, 4.69) is 9.97 Å². The summed E-state index contributed by atoms with van der Waals surface area (Å²) < 4.78 is 82.3. The number of hydrogen-bond donors (Lipinski definition) is 1. The number of para-hydroxylation sites is 1. The number of piperidine rings is 1. The topological polar surface area (TPSA) is 112 Å². The van der Waals surface area contributed by atoms with Crippen molar-refractivity contribution in [3.05, 3.63) is 81.8 Å². The lowest BCUT2D eigenvalue weighted by Gasteiger charge is -2.33. The molecule has 15 heteroatoms. The number of aromatic carboxylic acids is 1. The van der Waals surface area contributed by atoms with Crippen LogP contribution in [0.15, 0.2) is 47.1 Å². The van der Waals surface area contributed by atoms with Gasteiger partial charge < -0.3 is 28.3 Å². The van der Waals surface area contributed by atoms with Gasteiger partial charge in [-0.05, 0) is 62.5 Å². The van der Waals surface area contributed by atoms with Crippen LogP contribution in [-0.4, -0.2) is 56.3 Å². The normalized spacial score (nSPS) is 21.6. The lowest BCUT2D eigenvalue weighted by Crippen LogP contribution is -2.35. The van der Waals surface area contributed by atoms with Gasteiger partial charge in [0.2, 0.25) is 5.89 Å². The van der Waals surface area contributed by atoms with E-state index in [1.54, 1.807) is 19.1 Å². The van der Waals surface area contributed by atoms with Crippen molar-refractivity contribution in [2.45, 2.75) is 63.3 Å². The maximum atomic E-state index is 14.8. The molecule has 5 heterocycles. The Kier molecular flexibility index (Phi) is 7.92. The second kappa shape index (κ2) is 11.8. The standard InChI is InChI=1S/C32H29ClF4N4O6/c1-31(21-6-5-18(33)13-22(21)34)46-24-4-2-3-20(27(24)47-31)17-7-10-40(11-8-17)15-25-39-28(32(35,36)37)26(41(25)14-19-9-12-44-19)29-38-23(16-45-29)30(42)43/h2-6,13,16-17,19H,7-12,14-15H2,1H3,(H,42,43). The molecule has 1 N–H and O–H groups in total. The molecule has 2 aromatic heterocycles. The minimum absolute atomic E-state index is 0.0494. The van der Waals surface area contributed by atoms with Gasteiger partial charge in [-0.3, -0.25) is 4.90 Å². The van der Waals surface area contributed by atoms with Crippen LogP contribution in [0.4, 0.5) is 17.6 Å². The summed E-state index contributed by atoms with van der Waals surface area (Å²) >= 11 is 5.94. The van der Waals surface area contributed by atoms with E-state index in [1.165, 1.54) is 16.7 Å². The molecule has 2 atom stereocenters. The van der Waals surface area contributed by atoms with Gasteiger partial charge in [0, 0.05) is 24.1 Å². The molecule has 3 aliphatic rings. The van der Waals surface area contributed by atoms with Crippen LogP contribution in [-0.2, 0) is 29.8 Å². The van der Waals surface area contributed by atoms with E-state index in [4.69, 9.17) is 30.2 Å². The summed E-state index contributed by atoms with van der Waals surface area (Å²) in [5.74, 6) is -2.62. The molecule has 248 valence electrons. The smallest absolute Gasteiger partial charge is 0.435 e. The number of hydrogen-bond acceptors (Lipinski definition) is 8. The quantitative estimate of drug-likeness (QED) is 0.200. The van der Waals surface area contributed by atoms with E-state index in [0.29, 0.717) is 50.5 Å². The van der Waals surface area contributed by atoms with Crippen LogP contribution in [0.25, 0.3) is 11.6 Å². The number of nitrogens with zero attached hydrogens (tertiary/aromatic N) is 4. The molecule has 47 heavy (non-hydrogen) atoms. The first-order valence-electron chi connectivity index (χ1n) is 15.1. The van der Waals surface area contributed by atoms with Gasteiger partial charge in [-0.25, -0.2) is 19.2 Å². The third-order valence-corrected chi connectivity index (χ3v) is 9.08. The lowest BCUT2D eigenvalue weighted by molar-refractivity contribution is -0.140. The summed E-state index contributed by atoms with van der Waals surface area (Å²) in [5, 5.41) is 9.54. The van der Waals surface area contributed by atoms with E-state index >= 15 is 0 Å². The minimum atomic E-state index is -4.85. The Balaban J connectivity index is 1.12. The third-order valence-electron chi connectivity index (χ3n) is 8.84. The number of fused-ring (bicyclic) bond motifs is 1. The number of imidazole rings is 1. The number of likely N-dealkylation sites (tertiary alicyclic amines) is 1. The Labute approximate surface area is 270 Å². The molecule has 2 unspecified atom stereocenters. The first-order chi connectivity index (χ1) is 22.4. The summed E-state index contributed by atoms with van der Waals surface area (Å²) in [5.41, 5.74) is -1.02. The van der Waals surface area contributed by atoms with E-state index in [1.807, 2.05) is 17.0 Å². The monoisotopic (exact) mass is 676 g/mol. The van der Waals surface area contributed by atoms with Crippen molar-refractivity contribution < 1.29 is 46.1 Å². The Hall–Kier alpha value is -4.14. The minimum Gasteiger partial charge on any atom is -0.476 e. The first-order valence-corrected chi connectivity index (χ1v) is 15.4. The van der Waals surface area contributed by atoms with Gasteiger partial charge in [-0.2, -0.15) is 13.2 Å². The van der Waals surface area contributed by atoms with Gasteiger partial charge in [0.1, 0.15) is 23.6 Å². The van der Waals surface area contributed by atoms with Crippen molar-refractivity contribution in [1.29, 1.82) is 0 Å². The molecule has 0 radical (unpaired) electrons. The van der Waals surface area contributed by atoms with Crippen LogP contribution in [0.1, 0.15) is 65.2 Å². The average molecular weight is 677 g/mol. The Morgan fingerprint density at radius 3 is 2.53 bits per heavy atom. The molecule has 2 aromatic carbocycles. The highest BCUT2D eigenvalue weighted by Crippen LogP contribution is 2.50. The predicted molar refractivity (Wildman–Crippen MR) is 158 cm³/mol. The van der Waals surface area contributed by atoms with E-state index in [0.717, 1.165) is 11.8 Å². The summed E-state index contributed by atoms with van der Waals surface area (Å²) in [6, 6.07) is 9.87. The van der Waals surface area contributed by atoms with Crippen LogP contribution < -0.4 is 9.47 Å². The van der Waals surface area contributed by atoms with Crippen LogP contribution >= 0.6 is 11.6 Å². The highest BCUT2D eigenvalue weighted by molar-refractivity contribution is 6.30. The fourth-order valence-corrected chi connectivity index (χ4v) is 6.54. The van der Waals surface area contributed by atoms with Crippen LogP contribution in [0.2, 0.25) is 5.02 Å². The zero-order valence-corrected chi connectivity index (χ0v) is 25.8. The largest absolute Gasteiger partial charge is 0.476 e. The summed E-state index contributed by atoms with van der Waals surface area (Å²) in [4.78, 5) is 21.2. The second-order valence-corrected chi connectivity index (χ2v) is 12.4. The van der Waals surface area contributed by atoms with Crippen molar-refractivity contribution in [3.63, 3.8) is 0 Å². The van der Waals surface area contributed by atoms with Crippen LogP contribution in [0, 0.1) is 5.82 Å². The van der Waals surface area contributed by atoms with Crippen molar-refractivity contribution in [3.8, 4) is 23.1 Å². The first kappa shape index (κ1) is 31.5. The van der Waals surface area contributed by atoms with E-state index < -0.39 is 46.7 Å². The highest BCUT2D eigenvalue weighted by atomic mass is 35.5. The van der Waals surface area contributed by atoms with Gasteiger partial charge >= 0.3 is 12.1 Å². The molecule has 7 rings (SSSR count). The molecule has 0 saturated carbocycles. The molecule has 10 nitrogen and oxygen atoms in total. The number of alkyl halides is 3. The van der Waals surface area contributed by atoms with Crippen molar-refractivity contribution in [2.24, 2.45) is 0 Å². The molecule has 4 aromatic rings. The SMILES string of the molecule is CC1(c2ccc(Cl)cc2F)Oc2cccc(C3CCN(Cc4nc(C(F)(F)F)c(-c5nc(C(=O)O)co5)n4CC4CCO4)CC3)c2O1. The molecular formula is C32H29ClF4N4O6. The summed E-state index contributed by atoms with van der Waals surface area (Å²) in [7, 11) is 0. The fraction of sp³-hybridized carbons (Fsp3) is 0.406. The zero-order chi connectivity index (χ0) is 33.1. The number of halogens is 5. The molecule has 0 bridgehead atoms. The predicted octanol–water partition coefficient (Wildman–Crippen LogP) is 6.86. The number of rotatable bonds is 8. The number of benzene rings is 2. The van der Waals surface area contributed by atoms with Crippen LogP contribution in [0.3, 0.4) is 0 Å². The Morgan fingerprint density at radius 2 is 1.89 bits per heavy atom. The maximum Gasteiger partial charge on any atom is 0.435 e. The number of ether oxygens (including phenoxy) is 3. The zero-order valence-electron chi connectivity index (χ0n) is 25.0. The van der Waals surface area contributed by atoms with Crippen molar-refractivity contribution >= 4 is 17.6 Å². The number of carboxylic acids is 1. The van der Waals surface area contributed by atoms with Crippen molar-refractivity contribution in [2.75, 3.05) is 19.7 Å². The molecule has 0 amide bonds. The fourth-order valence-electron chi connectivity index (χ4n) is 6.38. The lowest BCUT2D eigenvalue weighted by atomic mass is 9.88. The molecule has 0 aliphatic carbocycles. The van der Waals surface area contributed by atoms with Gasteiger partial charge in [-0.15, -0.1) is 0 Å². The summed E-state index contributed by atoms with van der Waals surface area (Å²) in [6.07, 6.45) is -2.37. The maximum absolute atomic E-state index is 14.8. The highest BCUT2D eigenvalue weighted by Gasteiger charge is 2.44. The second-order valence-electron chi connectivity index (χ2n) is 12.0. The molecular weight excluding hydrogens is 648 g/mol. The number of aromatic nitrogens is 3. The van der Waals surface area contributed by atoms with E-state index in [9.17, 15) is 27.5 Å². The Bertz CT molecular complexity index is 1830. The van der Waals surface area contributed by atoms with E-state index in [-0.39, 0.29) is 41.5 Å². The third kappa shape index (κ3) is 5.93. The molecule has 3 aliphatic heterocycles. The van der Waals surface area contributed by atoms with Gasteiger partial charge in [0.05, 0.1) is 24.8 Å². The molecule has 2 saturated heterocycles. The average Bonchev–Trinajstić information content (AvgIpc) is 3.70. The van der Waals surface area contributed by atoms with Gasteiger partial charge in [-0.1, -0.05) is 23.7 Å². The summed E-state index contributed by atoms with van der Waals surface area (Å²) in [6.45, 7) is 3.42. The molecule has 0 spiro atoms. The van der Waals surface area contributed by atoms with Gasteiger partial charge in [0.25, 0.3) is 5.79 Å². The van der Waals surface area contributed by atoms with Crippen molar-refractivity contribution in [1.82, 2.24) is 19.4 Å². The number of oxazole rings is 1. The van der Waals surface area contributed by atoms with Gasteiger partial charge in [0.15, 0.2) is 22.9 Å². The Morgan fingerprint density at radius 1 is 1.13 bits per heavy atom.